The van der Waals surface area contributed by atoms with Crippen LogP contribution in [0, 0.1) is 11.8 Å². The number of hydrogen-bond acceptors (Lipinski definition) is 2. The van der Waals surface area contributed by atoms with Crippen LogP contribution in [0.3, 0.4) is 0 Å². The van der Waals surface area contributed by atoms with Crippen LogP contribution in [0.15, 0.2) is 11.8 Å². The highest BCUT2D eigenvalue weighted by molar-refractivity contribution is 6.78. The minimum atomic E-state index is -1.33. The molecule has 0 spiro atoms. The molecule has 2 aliphatic carbocycles. The first-order valence-corrected chi connectivity index (χ1v) is 9.90. The van der Waals surface area contributed by atoms with E-state index in [1.54, 1.807) is 0 Å². The van der Waals surface area contributed by atoms with Crippen LogP contribution < -0.4 is 0 Å². The first-order valence-electron chi connectivity index (χ1n) is 6.33. The number of allylic oxidation sites excluding steroid dienone is 2. The second kappa shape index (κ2) is 4.02. The van der Waals surface area contributed by atoms with Crippen LogP contribution in [0.1, 0.15) is 25.7 Å². The predicted molar refractivity (Wildman–Crippen MR) is 68.3 cm³/mol. The van der Waals surface area contributed by atoms with Gasteiger partial charge >= 0.3 is 0 Å². The molecule has 1 fully saturated rings. The highest BCUT2D eigenvalue weighted by Crippen LogP contribution is 2.44. The van der Waals surface area contributed by atoms with E-state index in [4.69, 9.17) is 0 Å². The Balaban J connectivity index is 2.39. The monoisotopic (exact) mass is 238 g/mol. The molecule has 1 N–H and O–H groups in total. The lowest BCUT2D eigenvalue weighted by Crippen LogP contribution is -2.32. The molecule has 3 atom stereocenters. The van der Waals surface area contributed by atoms with E-state index in [2.05, 4.69) is 19.6 Å². The topological polar surface area (TPSA) is 37.3 Å². The molecule has 2 bridgehead atoms. The van der Waals surface area contributed by atoms with Gasteiger partial charge in [-0.3, -0.25) is 4.79 Å². The molecule has 2 nitrogen and oxygen atoms in total. The molecule has 90 valence electrons. The molecule has 0 aromatic carbocycles. The van der Waals surface area contributed by atoms with E-state index in [0.717, 1.165) is 12.8 Å². The van der Waals surface area contributed by atoms with Gasteiger partial charge in [0.05, 0.1) is 19.8 Å². The van der Waals surface area contributed by atoms with Gasteiger partial charge in [0.15, 0.2) is 0 Å². The second-order valence-corrected chi connectivity index (χ2v) is 11.8. The number of carbonyl (C=O) groups excluding carboxylic acids is 1. The van der Waals surface area contributed by atoms with Gasteiger partial charge in [0.25, 0.3) is 0 Å². The smallest absolute Gasteiger partial charge is 0.143 e. The van der Waals surface area contributed by atoms with E-state index in [1.165, 1.54) is 6.42 Å². The number of rotatable bonds is 1. The maximum absolute atomic E-state index is 12.0. The summed E-state index contributed by atoms with van der Waals surface area (Å²) in [5, 5.41) is 10.1. The minimum Gasteiger partial charge on any atom is -0.512 e. The molecule has 1 saturated carbocycles. The van der Waals surface area contributed by atoms with Gasteiger partial charge in [0.2, 0.25) is 0 Å². The summed E-state index contributed by atoms with van der Waals surface area (Å²) >= 11 is 0. The highest BCUT2D eigenvalue weighted by atomic mass is 28.3. The largest absolute Gasteiger partial charge is 0.512 e. The SMILES string of the molecule is C[Si](C)(C)[C@H]1C=C(O)C2CCCC1CC2=O. The zero-order chi connectivity index (χ0) is 11.9. The zero-order valence-electron chi connectivity index (χ0n) is 10.5. The van der Waals surface area contributed by atoms with E-state index in [0.29, 0.717) is 23.6 Å². The fourth-order valence-electron chi connectivity index (χ4n) is 3.26. The fourth-order valence-corrected chi connectivity index (χ4v) is 5.63. The van der Waals surface area contributed by atoms with Crippen LogP contribution in [-0.2, 0) is 4.79 Å². The third-order valence-corrected chi connectivity index (χ3v) is 6.77. The van der Waals surface area contributed by atoms with Gasteiger partial charge < -0.3 is 5.11 Å². The molecule has 2 unspecified atom stereocenters. The van der Waals surface area contributed by atoms with Crippen LogP contribution in [-0.4, -0.2) is 19.0 Å². The molecule has 0 saturated heterocycles. The summed E-state index contributed by atoms with van der Waals surface area (Å²) in [6.45, 7) is 7.00. The average molecular weight is 238 g/mol. The van der Waals surface area contributed by atoms with Crippen molar-refractivity contribution >= 4 is 13.9 Å². The summed E-state index contributed by atoms with van der Waals surface area (Å²) in [6, 6.07) is 0. The summed E-state index contributed by atoms with van der Waals surface area (Å²) in [5.41, 5.74) is 0.474. The maximum atomic E-state index is 12.0. The predicted octanol–water partition coefficient (Wildman–Crippen LogP) is 3.53. The van der Waals surface area contributed by atoms with Crippen molar-refractivity contribution in [3.63, 3.8) is 0 Å². The molecular weight excluding hydrogens is 216 g/mol. The van der Waals surface area contributed by atoms with E-state index in [1.807, 2.05) is 6.08 Å². The number of carbonyl (C=O) groups is 1. The van der Waals surface area contributed by atoms with Crippen LogP contribution >= 0.6 is 0 Å². The molecule has 0 aromatic heterocycles. The van der Waals surface area contributed by atoms with Crippen molar-refractivity contribution in [3.8, 4) is 0 Å². The molecule has 3 heteroatoms. The molecule has 0 radical (unpaired) electrons. The van der Waals surface area contributed by atoms with Crippen LogP contribution in [0.4, 0.5) is 0 Å². The summed E-state index contributed by atoms with van der Waals surface area (Å²) in [5.74, 6) is 0.969. The Labute approximate surface area is 98.8 Å². The van der Waals surface area contributed by atoms with Gasteiger partial charge in [-0.15, -0.1) is 0 Å². The molecule has 2 rings (SSSR count). The molecule has 2 aliphatic rings. The van der Waals surface area contributed by atoms with Gasteiger partial charge in [-0.25, -0.2) is 0 Å². The Morgan fingerprint density at radius 1 is 1.31 bits per heavy atom. The van der Waals surface area contributed by atoms with Crippen molar-refractivity contribution in [1.29, 1.82) is 0 Å². The normalized spacial score (nSPS) is 35.6. The van der Waals surface area contributed by atoms with Crippen LogP contribution in [0.5, 0.6) is 0 Å². The Morgan fingerprint density at radius 2 is 2.00 bits per heavy atom. The van der Waals surface area contributed by atoms with Gasteiger partial charge in [-0.2, -0.15) is 0 Å². The molecule has 0 aromatic rings. The van der Waals surface area contributed by atoms with Gasteiger partial charge in [-0.1, -0.05) is 26.1 Å². The van der Waals surface area contributed by atoms with Gasteiger partial charge in [0, 0.05) is 6.42 Å². The Bertz CT molecular complexity index is 327. The second-order valence-electron chi connectivity index (χ2n) is 6.40. The highest BCUT2D eigenvalue weighted by Gasteiger charge is 2.40. The lowest BCUT2D eigenvalue weighted by Gasteiger charge is -2.33. The van der Waals surface area contributed by atoms with Crippen molar-refractivity contribution in [3.05, 3.63) is 11.8 Å². The van der Waals surface area contributed by atoms with Gasteiger partial charge in [0.1, 0.15) is 5.78 Å². The number of ketones is 1. The Hall–Kier alpha value is -0.573. The fraction of sp³-hybridized carbons (Fsp3) is 0.769. The number of aliphatic hydroxyl groups excluding tert-OH is 1. The van der Waals surface area contributed by atoms with Crippen molar-refractivity contribution < 1.29 is 9.90 Å². The average Bonchev–Trinajstić information content (AvgIpc) is 2.37. The summed E-state index contributed by atoms with van der Waals surface area (Å²) in [7, 11) is -1.33. The number of aliphatic hydroxyl groups is 1. The Kier molecular flexibility index (Phi) is 2.99. The zero-order valence-corrected chi connectivity index (χ0v) is 11.5. The number of fused-ring (bicyclic) bond motifs is 3. The minimum absolute atomic E-state index is 0.175. The summed E-state index contributed by atoms with van der Waals surface area (Å²) in [4.78, 5) is 12.0. The third kappa shape index (κ3) is 2.10. The van der Waals surface area contributed by atoms with E-state index in [9.17, 15) is 9.90 Å². The van der Waals surface area contributed by atoms with Crippen LogP contribution in [0.2, 0.25) is 25.2 Å². The first-order chi connectivity index (χ1) is 7.39. The van der Waals surface area contributed by atoms with E-state index >= 15 is 0 Å². The lowest BCUT2D eigenvalue weighted by atomic mass is 9.95. The molecule has 0 amide bonds. The Morgan fingerprint density at radius 3 is 2.62 bits per heavy atom. The third-order valence-electron chi connectivity index (χ3n) is 4.13. The van der Waals surface area contributed by atoms with E-state index < -0.39 is 8.07 Å². The van der Waals surface area contributed by atoms with Crippen molar-refractivity contribution in [2.75, 3.05) is 0 Å². The molecular formula is C13H22O2Si. The van der Waals surface area contributed by atoms with E-state index in [-0.39, 0.29) is 11.7 Å². The lowest BCUT2D eigenvalue weighted by molar-refractivity contribution is -0.122. The molecule has 16 heavy (non-hydrogen) atoms. The van der Waals surface area contributed by atoms with Crippen molar-refractivity contribution in [2.24, 2.45) is 11.8 Å². The number of hydrogen-bond donors (Lipinski definition) is 1. The van der Waals surface area contributed by atoms with Crippen molar-refractivity contribution in [2.45, 2.75) is 50.9 Å². The number of Topliss-reactive ketones (excluding diaryl/α,β-unsaturated/α-hetero) is 1. The maximum Gasteiger partial charge on any atom is 0.143 e. The summed E-state index contributed by atoms with van der Waals surface area (Å²) < 4.78 is 0. The quantitative estimate of drug-likeness (QED) is 0.710. The summed E-state index contributed by atoms with van der Waals surface area (Å²) in [6.07, 6.45) is 5.85. The molecule has 0 aliphatic heterocycles. The first kappa shape index (κ1) is 11.9. The van der Waals surface area contributed by atoms with Gasteiger partial charge in [-0.05, 0) is 30.4 Å². The van der Waals surface area contributed by atoms with Crippen molar-refractivity contribution in [1.82, 2.24) is 0 Å². The standard InChI is InChI=1S/C13H22O2Si/c1-16(2,3)13-8-12(15)10-6-4-5-9(13)7-11(10)14/h8-10,13,15H,4-7H2,1-3H3/t9?,10?,13-/m0/s1. The van der Waals surface area contributed by atoms with Crippen LogP contribution in [0.25, 0.3) is 0 Å². The molecule has 0 heterocycles.